The minimum atomic E-state index is -4.79. The van der Waals surface area contributed by atoms with E-state index in [1.54, 1.807) is 12.1 Å². The number of aromatic nitrogens is 2. The number of nitrogens with one attached hydrogen (secondary N) is 1. The number of anilines is 1. The molecule has 3 heterocycles. The van der Waals surface area contributed by atoms with Crippen LogP contribution in [0.15, 0.2) is 52.0 Å². The Kier molecular flexibility index (Phi) is 4.75. The third-order valence-electron chi connectivity index (χ3n) is 3.95. The number of oxazole rings is 1. The number of amides is 1. The number of carbonyl (C=O) groups is 1. The van der Waals surface area contributed by atoms with Crippen LogP contribution in [0.2, 0.25) is 0 Å². The Morgan fingerprint density at radius 3 is 2.69 bits per heavy atom. The van der Waals surface area contributed by atoms with Crippen molar-refractivity contribution in [3.63, 3.8) is 0 Å². The van der Waals surface area contributed by atoms with E-state index in [4.69, 9.17) is 4.42 Å². The van der Waals surface area contributed by atoms with Gasteiger partial charge in [0.05, 0.1) is 0 Å². The van der Waals surface area contributed by atoms with Crippen LogP contribution in [0.1, 0.15) is 16.8 Å². The Hall–Kier alpha value is -3.69. The predicted molar refractivity (Wildman–Crippen MR) is 95.5 cm³/mol. The molecule has 29 heavy (non-hydrogen) atoms. The number of hydrogen-bond donors (Lipinski definition) is 1. The predicted octanol–water partition coefficient (Wildman–Crippen LogP) is 2.69. The standard InChI is InChI=1S/C19H13F3N4O3/c20-19(21,22)29-13-5-3-11(4-6-13)17(27)25-15-10-12(7-9-23-15)18-26-16-14(28-18)2-1-8-24-16/h2-7,9-10H,1,8H2,(H,23,25,27). The highest BCUT2D eigenvalue weighted by Crippen LogP contribution is 2.23. The summed E-state index contributed by atoms with van der Waals surface area (Å²) >= 11 is 0. The molecule has 3 aromatic rings. The lowest BCUT2D eigenvalue weighted by atomic mass is 10.2. The van der Waals surface area contributed by atoms with E-state index < -0.39 is 18.0 Å². The molecule has 2 aromatic heterocycles. The quantitative estimate of drug-likeness (QED) is 0.725. The molecular formula is C19H13F3N4O3. The minimum Gasteiger partial charge on any atom is -0.435 e. The number of fused-ring (bicyclic) bond motifs is 1. The molecule has 7 nitrogen and oxygen atoms in total. The Balaban J connectivity index is 1.51. The highest BCUT2D eigenvalue weighted by atomic mass is 19.4. The fraction of sp³-hybridized carbons (Fsp3) is 0.158. The average molecular weight is 402 g/mol. The number of pyridine rings is 1. The first kappa shape index (κ1) is 18.7. The number of ether oxygens (including phenoxy) is 1. The second kappa shape index (κ2) is 7.38. The molecule has 4 rings (SSSR count). The minimum absolute atomic E-state index is 0.145. The number of halogens is 3. The summed E-state index contributed by atoms with van der Waals surface area (Å²) in [7, 11) is 0. The van der Waals surface area contributed by atoms with Crippen LogP contribution in [0, 0.1) is 0 Å². The molecule has 0 saturated heterocycles. The van der Waals surface area contributed by atoms with E-state index in [9.17, 15) is 18.0 Å². The average Bonchev–Trinajstić information content (AvgIpc) is 3.12. The summed E-state index contributed by atoms with van der Waals surface area (Å²) in [6.45, 7) is 0.656. The van der Waals surface area contributed by atoms with Gasteiger partial charge >= 0.3 is 6.36 Å². The summed E-state index contributed by atoms with van der Waals surface area (Å²) in [5, 5.41) is 2.58. The Labute approximate surface area is 161 Å². The third-order valence-corrected chi connectivity index (χ3v) is 3.95. The molecule has 148 valence electrons. The number of hydrogen-bond acceptors (Lipinski definition) is 6. The van der Waals surface area contributed by atoms with Crippen LogP contribution in [0.4, 0.5) is 19.0 Å². The molecule has 0 radical (unpaired) electrons. The van der Waals surface area contributed by atoms with Crippen LogP contribution in [0.5, 0.6) is 5.75 Å². The van der Waals surface area contributed by atoms with Crippen LogP contribution >= 0.6 is 0 Å². The van der Waals surface area contributed by atoms with Crippen molar-refractivity contribution in [2.75, 3.05) is 11.9 Å². The highest BCUT2D eigenvalue weighted by molar-refractivity contribution is 6.04. The summed E-state index contributed by atoms with van der Waals surface area (Å²) in [6, 6.07) is 7.82. The van der Waals surface area contributed by atoms with Crippen molar-refractivity contribution < 1.29 is 27.1 Å². The lowest BCUT2D eigenvalue weighted by Gasteiger charge is -2.09. The Bertz CT molecular complexity index is 1140. The molecule has 0 fully saturated rings. The maximum absolute atomic E-state index is 12.3. The molecule has 0 unspecified atom stereocenters. The van der Waals surface area contributed by atoms with Gasteiger partial charge in [0.25, 0.3) is 5.91 Å². The third kappa shape index (κ3) is 4.42. The maximum atomic E-state index is 12.3. The zero-order chi connectivity index (χ0) is 20.4. The summed E-state index contributed by atoms with van der Waals surface area (Å²) in [6.07, 6.45) is -0.617. The molecule has 0 atom stereocenters. The lowest BCUT2D eigenvalue weighted by Crippen LogP contribution is -2.25. The van der Waals surface area contributed by atoms with Crippen molar-refractivity contribution in [1.82, 2.24) is 9.97 Å². The van der Waals surface area contributed by atoms with Gasteiger partial charge in [0.15, 0.2) is 10.9 Å². The van der Waals surface area contributed by atoms with E-state index in [-0.39, 0.29) is 11.4 Å². The van der Waals surface area contributed by atoms with Crippen LogP contribution in [0.3, 0.4) is 0 Å². The van der Waals surface area contributed by atoms with Crippen molar-refractivity contribution in [2.24, 2.45) is 4.99 Å². The van der Waals surface area contributed by atoms with Crippen LogP contribution < -0.4 is 21.0 Å². The van der Waals surface area contributed by atoms with Gasteiger partial charge in [-0.05, 0) is 48.9 Å². The second-order valence-corrected chi connectivity index (χ2v) is 6.04. The summed E-state index contributed by atoms with van der Waals surface area (Å²) in [5.74, 6) is -0.365. The zero-order valence-corrected chi connectivity index (χ0v) is 14.7. The van der Waals surface area contributed by atoms with E-state index in [2.05, 4.69) is 25.0 Å². The molecule has 1 aliphatic heterocycles. The van der Waals surface area contributed by atoms with Crippen LogP contribution in [-0.4, -0.2) is 28.8 Å². The molecule has 1 aromatic carbocycles. The number of alkyl halides is 3. The first-order valence-corrected chi connectivity index (χ1v) is 8.52. The van der Waals surface area contributed by atoms with Gasteiger partial charge < -0.3 is 14.5 Å². The molecule has 0 saturated carbocycles. The SMILES string of the molecule is O=C(Nc1cc(-c2nc3c(o2)=CCCN=3)ccn1)c1ccc(OC(F)(F)F)cc1. The van der Waals surface area contributed by atoms with Crippen molar-refractivity contribution in [1.29, 1.82) is 0 Å². The smallest absolute Gasteiger partial charge is 0.435 e. The normalized spacial score (nSPS) is 13.1. The Morgan fingerprint density at radius 2 is 1.97 bits per heavy atom. The molecule has 0 spiro atoms. The lowest BCUT2D eigenvalue weighted by molar-refractivity contribution is -0.274. The van der Waals surface area contributed by atoms with Gasteiger partial charge in [0.2, 0.25) is 5.89 Å². The van der Waals surface area contributed by atoms with Crippen molar-refractivity contribution in [3.8, 4) is 17.2 Å². The van der Waals surface area contributed by atoms with E-state index in [1.807, 2.05) is 6.08 Å². The molecule has 0 aliphatic carbocycles. The summed E-state index contributed by atoms with van der Waals surface area (Å²) in [5.41, 5.74) is 1.89. The number of carbonyl (C=O) groups excluding carboxylic acids is 1. The van der Waals surface area contributed by atoms with Crippen LogP contribution in [0.25, 0.3) is 17.5 Å². The van der Waals surface area contributed by atoms with Gasteiger partial charge in [0, 0.05) is 23.9 Å². The summed E-state index contributed by atoms with van der Waals surface area (Å²) in [4.78, 5) is 25.0. The fourth-order valence-electron chi connectivity index (χ4n) is 2.69. The molecular weight excluding hydrogens is 389 g/mol. The van der Waals surface area contributed by atoms with Gasteiger partial charge in [0.1, 0.15) is 11.6 Å². The highest BCUT2D eigenvalue weighted by Gasteiger charge is 2.31. The molecule has 1 aliphatic rings. The first-order valence-electron chi connectivity index (χ1n) is 8.52. The van der Waals surface area contributed by atoms with Crippen molar-refractivity contribution in [3.05, 3.63) is 59.1 Å². The van der Waals surface area contributed by atoms with E-state index in [0.717, 1.165) is 18.6 Å². The van der Waals surface area contributed by atoms with E-state index >= 15 is 0 Å². The number of rotatable bonds is 4. The topological polar surface area (TPSA) is 89.6 Å². The van der Waals surface area contributed by atoms with Crippen LogP contribution in [-0.2, 0) is 0 Å². The van der Waals surface area contributed by atoms with E-state index in [1.165, 1.54) is 18.3 Å². The largest absolute Gasteiger partial charge is 0.573 e. The molecule has 10 heteroatoms. The fourth-order valence-corrected chi connectivity index (χ4v) is 2.69. The molecule has 1 N–H and O–H groups in total. The van der Waals surface area contributed by atoms with Gasteiger partial charge in [-0.2, -0.15) is 4.98 Å². The second-order valence-electron chi connectivity index (χ2n) is 6.04. The van der Waals surface area contributed by atoms with Gasteiger partial charge in [-0.15, -0.1) is 13.2 Å². The number of benzene rings is 1. The zero-order valence-electron chi connectivity index (χ0n) is 14.7. The summed E-state index contributed by atoms with van der Waals surface area (Å²) < 4.78 is 46.1. The van der Waals surface area contributed by atoms with Crippen molar-refractivity contribution in [2.45, 2.75) is 12.8 Å². The number of nitrogens with zero attached hydrogens (tertiary/aromatic N) is 3. The molecule has 0 bridgehead atoms. The van der Waals surface area contributed by atoms with Gasteiger partial charge in [-0.1, -0.05) is 0 Å². The van der Waals surface area contributed by atoms with Gasteiger partial charge in [-0.3, -0.25) is 9.79 Å². The first-order chi connectivity index (χ1) is 13.9. The van der Waals surface area contributed by atoms with Crippen molar-refractivity contribution >= 4 is 17.8 Å². The van der Waals surface area contributed by atoms with Gasteiger partial charge in [-0.25, -0.2) is 4.98 Å². The monoisotopic (exact) mass is 402 g/mol. The van der Waals surface area contributed by atoms with E-state index in [0.29, 0.717) is 28.9 Å². The molecule has 1 amide bonds. The maximum Gasteiger partial charge on any atom is 0.573 e. The Morgan fingerprint density at radius 1 is 1.17 bits per heavy atom.